The molecule has 21 heavy (non-hydrogen) atoms. The zero-order chi connectivity index (χ0) is 15.6. The first kappa shape index (κ1) is 17.2. The van der Waals surface area contributed by atoms with Crippen LogP contribution in [0, 0.1) is 0 Å². The highest BCUT2D eigenvalue weighted by Crippen LogP contribution is 2.43. The van der Waals surface area contributed by atoms with Crippen LogP contribution in [-0.2, 0) is 3.63 Å². The van der Waals surface area contributed by atoms with Crippen molar-refractivity contribution < 1.29 is 13.8 Å². The summed E-state index contributed by atoms with van der Waals surface area (Å²) in [5, 5.41) is 20.5. The van der Waals surface area contributed by atoms with Gasteiger partial charge in [-0.15, -0.1) is 0 Å². The maximum atomic E-state index is 9.77. The first-order chi connectivity index (χ1) is 9.88. The SMILES string of the molecule is Oc1c(Cl)cc(Cl)cc1SOSc1cc(Cl)cc(Cl)c1O. The van der Waals surface area contributed by atoms with Gasteiger partial charge in [0.15, 0.2) is 0 Å². The van der Waals surface area contributed by atoms with Gasteiger partial charge >= 0.3 is 0 Å². The lowest BCUT2D eigenvalue weighted by Crippen LogP contribution is -1.79. The van der Waals surface area contributed by atoms with Crippen molar-refractivity contribution in [1.82, 2.24) is 0 Å². The quantitative estimate of drug-likeness (QED) is 0.575. The predicted octanol–water partition coefficient (Wildman–Crippen LogP) is 6.44. The van der Waals surface area contributed by atoms with Crippen molar-refractivity contribution >= 4 is 70.5 Å². The summed E-state index contributed by atoms with van der Waals surface area (Å²) in [5.74, 6) is -0.278. The Morgan fingerprint density at radius 1 is 0.714 bits per heavy atom. The predicted molar refractivity (Wildman–Crippen MR) is 89.1 cm³/mol. The zero-order valence-electron chi connectivity index (χ0n) is 9.94. The molecule has 0 fully saturated rings. The van der Waals surface area contributed by atoms with E-state index in [0.717, 1.165) is 24.1 Å². The molecule has 0 saturated carbocycles. The summed E-state index contributed by atoms with van der Waals surface area (Å²) in [5.41, 5.74) is 0. The van der Waals surface area contributed by atoms with Crippen LogP contribution in [0.4, 0.5) is 0 Å². The van der Waals surface area contributed by atoms with E-state index < -0.39 is 0 Å². The standard InChI is InChI=1S/C12H6Cl4O3S2/c13-5-1-7(15)11(17)9(3-5)20-19-21-10-4-6(14)2-8(16)12(10)18/h1-4,17-18H. The van der Waals surface area contributed by atoms with E-state index in [4.69, 9.17) is 50.0 Å². The summed E-state index contributed by atoms with van der Waals surface area (Å²) in [7, 11) is 0. The molecule has 2 aromatic carbocycles. The molecule has 0 aliphatic carbocycles. The Hall–Kier alpha value is -0.140. The average molecular weight is 404 g/mol. The Bertz CT molecular complexity index is 625. The highest BCUT2D eigenvalue weighted by atomic mass is 35.5. The van der Waals surface area contributed by atoms with Crippen LogP contribution in [0.25, 0.3) is 0 Å². The van der Waals surface area contributed by atoms with Crippen molar-refractivity contribution in [2.45, 2.75) is 9.79 Å². The van der Waals surface area contributed by atoms with Gasteiger partial charge in [-0.1, -0.05) is 46.4 Å². The molecule has 2 aromatic rings. The van der Waals surface area contributed by atoms with Crippen molar-refractivity contribution in [3.8, 4) is 11.5 Å². The molecule has 0 aromatic heterocycles. The second-order valence-electron chi connectivity index (χ2n) is 3.70. The molecule has 0 aliphatic rings. The van der Waals surface area contributed by atoms with Gasteiger partial charge in [0.05, 0.1) is 19.8 Å². The Labute approximate surface area is 149 Å². The molecular formula is C12H6Cl4O3S2. The number of rotatable bonds is 4. The van der Waals surface area contributed by atoms with E-state index in [9.17, 15) is 10.2 Å². The normalized spacial score (nSPS) is 10.9. The number of phenols is 2. The lowest BCUT2D eigenvalue weighted by atomic mass is 10.3. The summed E-state index contributed by atoms with van der Waals surface area (Å²) >= 11 is 24.9. The second-order valence-corrected chi connectivity index (χ2v) is 7.15. The molecule has 0 bridgehead atoms. The molecule has 0 unspecified atom stereocenters. The van der Waals surface area contributed by atoms with Gasteiger partial charge < -0.3 is 10.2 Å². The van der Waals surface area contributed by atoms with Crippen LogP contribution in [0.1, 0.15) is 0 Å². The minimum absolute atomic E-state index is 0.118. The van der Waals surface area contributed by atoms with E-state index in [0.29, 0.717) is 19.8 Å². The number of aromatic hydroxyl groups is 2. The highest BCUT2D eigenvalue weighted by Gasteiger charge is 2.13. The number of hydrogen-bond acceptors (Lipinski definition) is 5. The summed E-state index contributed by atoms with van der Waals surface area (Å²) < 4.78 is 5.27. The van der Waals surface area contributed by atoms with Gasteiger partial charge in [-0.05, 0) is 24.3 Å². The maximum Gasteiger partial charge on any atom is 0.150 e. The fourth-order valence-electron chi connectivity index (χ4n) is 1.30. The molecule has 9 heteroatoms. The molecule has 0 aliphatic heterocycles. The van der Waals surface area contributed by atoms with Crippen molar-refractivity contribution in [1.29, 1.82) is 0 Å². The molecule has 0 heterocycles. The number of hydrogen-bond donors (Lipinski definition) is 2. The van der Waals surface area contributed by atoms with Crippen LogP contribution in [0.2, 0.25) is 20.1 Å². The van der Waals surface area contributed by atoms with Gasteiger partial charge in [-0.25, -0.2) is 3.63 Å². The lowest BCUT2D eigenvalue weighted by molar-refractivity contribution is 0.461. The minimum atomic E-state index is -0.139. The third kappa shape index (κ3) is 4.42. The smallest absolute Gasteiger partial charge is 0.150 e. The fraction of sp³-hybridized carbons (Fsp3) is 0. The third-order valence-corrected chi connectivity index (χ3v) is 4.77. The molecule has 0 spiro atoms. The molecule has 0 radical (unpaired) electrons. The van der Waals surface area contributed by atoms with Crippen LogP contribution < -0.4 is 0 Å². The lowest BCUT2D eigenvalue weighted by Gasteiger charge is -2.08. The van der Waals surface area contributed by atoms with E-state index in [1.807, 2.05) is 0 Å². The third-order valence-electron chi connectivity index (χ3n) is 2.23. The van der Waals surface area contributed by atoms with Crippen molar-refractivity contribution in [2.24, 2.45) is 0 Å². The van der Waals surface area contributed by atoms with Gasteiger partial charge in [0.2, 0.25) is 0 Å². The monoisotopic (exact) mass is 402 g/mol. The van der Waals surface area contributed by atoms with Crippen LogP contribution in [0.3, 0.4) is 0 Å². The van der Waals surface area contributed by atoms with Crippen LogP contribution in [-0.4, -0.2) is 10.2 Å². The van der Waals surface area contributed by atoms with E-state index in [1.165, 1.54) is 24.3 Å². The van der Waals surface area contributed by atoms with Gasteiger partial charge in [-0.2, -0.15) is 0 Å². The Morgan fingerprint density at radius 3 is 1.48 bits per heavy atom. The van der Waals surface area contributed by atoms with Gasteiger partial charge in [0.1, 0.15) is 11.5 Å². The van der Waals surface area contributed by atoms with Gasteiger partial charge in [-0.3, -0.25) is 0 Å². The van der Waals surface area contributed by atoms with Crippen LogP contribution >= 0.6 is 70.5 Å². The molecule has 3 nitrogen and oxygen atoms in total. The largest absolute Gasteiger partial charge is 0.505 e. The molecular weight excluding hydrogens is 398 g/mol. The summed E-state index contributed by atoms with van der Waals surface area (Å²) in [6.07, 6.45) is 0. The molecule has 2 N–H and O–H groups in total. The minimum Gasteiger partial charge on any atom is -0.505 e. The molecule has 112 valence electrons. The molecule has 0 atom stereocenters. The van der Waals surface area contributed by atoms with Crippen molar-refractivity contribution in [2.75, 3.05) is 0 Å². The first-order valence-electron chi connectivity index (χ1n) is 5.25. The van der Waals surface area contributed by atoms with E-state index >= 15 is 0 Å². The van der Waals surface area contributed by atoms with Crippen LogP contribution in [0.5, 0.6) is 11.5 Å². The van der Waals surface area contributed by atoms with Gasteiger partial charge in [0.25, 0.3) is 0 Å². The second kappa shape index (κ2) is 7.42. The average Bonchev–Trinajstić information content (AvgIpc) is 2.40. The number of halogens is 4. The van der Waals surface area contributed by atoms with Crippen molar-refractivity contribution in [3.63, 3.8) is 0 Å². The van der Waals surface area contributed by atoms with Gasteiger partial charge in [0, 0.05) is 34.1 Å². The summed E-state index contributed by atoms with van der Waals surface area (Å²) in [4.78, 5) is 0.681. The Kier molecular flexibility index (Phi) is 6.08. The number of benzene rings is 2. The fourth-order valence-corrected chi connectivity index (χ4v) is 3.98. The van der Waals surface area contributed by atoms with Crippen LogP contribution in [0.15, 0.2) is 34.1 Å². The highest BCUT2D eigenvalue weighted by molar-refractivity contribution is 8.08. The van der Waals surface area contributed by atoms with Crippen molar-refractivity contribution in [3.05, 3.63) is 44.4 Å². The Balaban J connectivity index is 2.09. The first-order valence-corrected chi connectivity index (χ1v) is 8.25. The molecule has 2 rings (SSSR count). The molecule has 0 saturated heterocycles. The maximum absolute atomic E-state index is 9.77. The summed E-state index contributed by atoms with van der Waals surface area (Å²) in [6, 6.07) is 5.83. The Morgan fingerprint density at radius 2 is 1.10 bits per heavy atom. The molecule has 0 amide bonds. The summed E-state index contributed by atoms with van der Waals surface area (Å²) in [6.45, 7) is 0. The number of phenolic OH excluding ortho intramolecular Hbond substituents is 2. The van der Waals surface area contributed by atoms with E-state index in [2.05, 4.69) is 0 Å². The van der Waals surface area contributed by atoms with E-state index in [1.54, 1.807) is 0 Å². The zero-order valence-corrected chi connectivity index (χ0v) is 14.6. The van der Waals surface area contributed by atoms with E-state index in [-0.39, 0.29) is 21.5 Å². The topological polar surface area (TPSA) is 49.7 Å².